The molecule has 9 heteroatoms. The lowest BCUT2D eigenvalue weighted by molar-refractivity contribution is 0.193. The lowest BCUT2D eigenvalue weighted by Gasteiger charge is -2.08. The van der Waals surface area contributed by atoms with Crippen LogP contribution in [0.2, 0.25) is 0 Å². The number of fused-ring (bicyclic) bond motifs is 3. The van der Waals surface area contributed by atoms with Crippen LogP contribution < -0.4 is 5.56 Å². The summed E-state index contributed by atoms with van der Waals surface area (Å²) < 4.78 is 24.2. The summed E-state index contributed by atoms with van der Waals surface area (Å²) in [5.41, 5.74) is 1.40. The Balaban J connectivity index is 1.75. The molecule has 1 atom stereocenters. The Labute approximate surface area is 146 Å². The van der Waals surface area contributed by atoms with E-state index in [2.05, 4.69) is 15.3 Å². The van der Waals surface area contributed by atoms with Gasteiger partial charge in [-0.05, 0) is 18.6 Å². The van der Waals surface area contributed by atoms with Gasteiger partial charge in [-0.1, -0.05) is 11.3 Å². The van der Waals surface area contributed by atoms with Gasteiger partial charge in [-0.15, -0.1) is 5.10 Å². The molecule has 1 aliphatic heterocycles. The minimum atomic E-state index is -0.551. The van der Waals surface area contributed by atoms with Crippen LogP contribution in [0.15, 0.2) is 35.5 Å². The quantitative estimate of drug-likeness (QED) is 0.544. The van der Waals surface area contributed by atoms with Crippen molar-refractivity contribution in [3.05, 3.63) is 52.6 Å². The van der Waals surface area contributed by atoms with Crippen molar-refractivity contribution in [3.63, 3.8) is 0 Å². The third kappa shape index (κ3) is 2.03. The second kappa shape index (κ2) is 5.46. The van der Waals surface area contributed by atoms with Crippen molar-refractivity contribution in [1.82, 2.24) is 28.9 Å². The number of rotatable bonds is 2. The summed E-state index contributed by atoms with van der Waals surface area (Å²) in [6, 6.07) is 4.55. The summed E-state index contributed by atoms with van der Waals surface area (Å²) in [6.45, 7) is 1.35. The van der Waals surface area contributed by atoms with Gasteiger partial charge in [0.05, 0.1) is 29.4 Å². The van der Waals surface area contributed by atoms with E-state index < -0.39 is 11.4 Å². The van der Waals surface area contributed by atoms with Crippen molar-refractivity contribution < 1.29 is 9.13 Å². The van der Waals surface area contributed by atoms with Gasteiger partial charge in [-0.2, -0.15) is 4.68 Å². The summed E-state index contributed by atoms with van der Waals surface area (Å²) in [6.07, 6.45) is 4.28. The molecular weight excluding hydrogens is 339 g/mol. The second-order valence-corrected chi connectivity index (χ2v) is 6.41. The first kappa shape index (κ1) is 15.2. The average molecular weight is 354 g/mol. The monoisotopic (exact) mass is 354 g/mol. The maximum Gasteiger partial charge on any atom is 0.264 e. The fourth-order valence-electron chi connectivity index (χ4n) is 3.51. The fraction of sp³-hybridized carbons (Fsp3) is 0.294. The molecule has 0 spiro atoms. The largest absolute Gasteiger partial charge is 0.381 e. The standard InChI is InChI=1S/C17H15FN6O2/c1-22-16-15(24-7-12(20-21-24)10-5-6-26-8-10)19-9-23(16)13-4-2-3-11(18)14(13)17(22)25/h2-4,7,9-10H,5-6,8H2,1H3. The van der Waals surface area contributed by atoms with Crippen LogP contribution in [0, 0.1) is 5.82 Å². The van der Waals surface area contributed by atoms with Crippen LogP contribution in [0.25, 0.3) is 22.4 Å². The molecule has 0 bridgehead atoms. The Hall–Kier alpha value is -3.07. The Morgan fingerprint density at radius 2 is 2.23 bits per heavy atom. The topological polar surface area (TPSA) is 79.2 Å². The molecule has 0 radical (unpaired) electrons. The van der Waals surface area contributed by atoms with Crippen molar-refractivity contribution in [1.29, 1.82) is 0 Å². The molecule has 1 fully saturated rings. The molecule has 1 aromatic carbocycles. The van der Waals surface area contributed by atoms with Crippen LogP contribution in [-0.2, 0) is 11.8 Å². The van der Waals surface area contributed by atoms with Crippen molar-refractivity contribution in [2.45, 2.75) is 12.3 Å². The first-order valence-corrected chi connectivity index (χ1v) is 8.30. The maximum atomic E-state index is 14.2. The number of aryl methyl sites for hydroxylation is 1. The highest BCUT2D eigenvalue weighted by Crippen LogP contribution is 2.25. The lowest BCUT2D eigenvalue weighted by atomic mass is 10.1. The highest BCUT2D eigenvalue weighted by Gasteiger charge is 2.23. The number of nitrogens with zero attached hydrogens (tertiary/aromatic N) is 6. The molecule has 26 heavy (non-hydrogen) atoms. The first-order chi connectivity index (χ1) is 12.6. The molecular formula is C17H15FN6O2. The molecule has 0 saturated carbocycles. The van der Waals surface area contributed by atoms with Gasteiger partial charge in [0, 0.05) is 19.6 Å². The van der Waals surface area contributed by atoms with Gasteiger partial charge in [-0.3, -0.25) is 13.8 Å². The number of halogens is 1. The van der Waals surface area contributed by atoms with E-state index in [1.807, 2.05) is 6.20 Å². The second-order valence-electron chi connectivity index (χ2n) is 6.41. The van der Waals surface area contributed by atoms with Gasteiger partial charge in [-0.25, -0.2) is 9.37 Å². The zero-order chi connectivity index (χ0) is 17.8. The predicted octanol–water partition coefficient (Wildman–Crippen LogP) is 1.41. The molecule has 5 rings (SSSR count). The van der Waals surface area contributed by atoms with Crippen LogP contribution in [0.4, 0.5) is 4.39 Å². The lowest BCUT2D eigenvalue weighted by Crippen LogP contribution is -2.21. The Bertz CT molecular complexity index is 1200. The molecule has 1 unspecified atom stereocenters. The van der Waals surface area contributed by atoms with Crippen LogP contribution in [0.5, 0.6) is 0 Å². The van der Waals surface area contributed by atoms with E-state index in [0.29, 0.717) is 23.6 Å². The number of imidazole rings is 1. The minimum Gasteiger partial charge on any atom is -0.381 e. The Morgan fingerprint density at radius 1 is 1.35 bits per heavy atom. The third-order valence-corrected chi connectivity index (χ3v) is 4.89. The normalized spacial score (nSPS) is 17.5. The molecule has 4 heterocycles. The van der Waals surface area contributed by atoms with Crippen LogP contribution >= 0.6 is 0 Å². The van der Waals surface area contributed by atoms with Crippen molar-refractivity contribution in [2.75, 3.05) is 13.2 Å². The number of hydrogen-bond acceptors (Lipinski definition) is 5. The minimum absolute atomic E-state index is 0.0360. The smallest absolute Gasteiger partial charge is 0.264 e. The highest BCUT2D eigenvalue weighted by molar-refractivity contribution is 5.82. The molecule has 1 saturated heterocycles. The van der Waals surface area contributed by atoms with Gasteiger partial charge in [0.15, 0.2) is 11.5 Å². The summed E-state index contributed by atoms with van der Waals surface area (Å²) in [4.78, 5) is 17.1. The summed E-state index contributed by atoms with van der Waals surface area (Å²) in [5, 5.41) is 8.43. The van der Waals surface area contributed by atoms with E-state index >= 15 is 0 Å². The SMILES string of the molecule is Cn1c(=O)c2c(F)cccc2n2cnc(-n3cc(C4CCOC4)nn3)c12. The van der Waals surface area contributed by atoms with Gasteiger partial charge < -0.3 is 4.74 Å². The molecule has 3 aromatic heterocycles. The van der Waals surface area contributed by atoms with E-state index in [4.69, 9.17) is 4.74 Å². The molecule has 0 amide bonds. The zero-order valence-electron chi connectivity index (χ0n) is 14.0. The Morgan fingerprint density at radius 3 is 3.04 bits per heavy atom. The van der Waals surface area contributed by atoms with Crippen molar-refractivity contribution in [3.8, 4) is 5.82 Å². The van der Waals surface area contributed by atoms with Gasteiger partial charge in [0.2, 0.25) is 0 Å². The summed E-state index contributed by atoms with van der Waals surface area (Å²) >= 11 is 0. The van der Waals surface area contributed by atoms with Gasteiger partial charge in [0.1, 0.15) is 12.1 Å². The average Bonchev–Trinajstić information content (AvgIpc) is 3.38. The van der Waals surface area contributed by atoms with Crippen molar-refractivity contribution in [2.24, 2.45) is 7.05 Å². The molecule has 1 aliphatic rings. The highest BCUT2D eigenvalue weighted by atomic mass is 19.1. The number of ether oxygens (including phenoxy) is 1. The Kier molecular flexibility index (Phi) is 3.20. The van der Waals surface area contributed by atoms with Gasteiger partial charge in [0.25, 0.3) is 5.56 Å². The number of benzene rings is 1. The molecule has 0 aliphatic carbocycles. The maximum absolute atomic E-state index is 14.2. The zero-order valence-corrected chi connectivity index (χ0v) is 14.0. The van der Waals surface area contributed by atoms with Gasteiger partial charge >= 0.3 is 0 Å². The fourth-order valence-corrected chi connectivity index (χ4v) is 3.51. The van der Waals surface area contributed by atoms with E-state index in [1.165, 1.54) is 10.6 Å². The van der Waals surface area contributed by atoms with Crippen LogP contribution in [-0.4, -0.2) is 42.2 Å². The van der Waals surface area contributed by atoms with E-state index in [-0.39, 0.29) is 11.3 Å². The van der Waals surface area contributed by atoms with Crippen molar-refractivity contribution >= 4 is 16.6 Å². The molecule has 8 nitrogen and oxygen atoms in total. The van der Waals surface area contributed by atoms with E-state index in [0.717, 1.165) is 18.7 Å². The number of aromatic nitrogens is 6. The van der Waals surface area contributed by atoms with E-state index in [9.17, 15) is 9.18 Å². The van der Waals surface area contributed by atoms with Crippen LogP contribution in [0.3, 0.4) is 0 Å². The summed E-state index contributed by atoms with van der Waals surface area (Å²) in [7, 11) is 1.59. The molecule has 0 N–H and O–H groups in total. The predicted molar refractivity (Wildman–Crippen MR) is 91.0 cm³/mol. The van der Waals surface area contributed by atoms with Crippen LogP contribution in [0.1, 0.15) is 18.0 Å². The molecule has 132 valence electrons. The van der Waals surface area contributed by atoms with E-state index in [1.54, 1.807) is 34.6 Å². The summed E-state index contributed by atoms with van der Waals surface area (Å²) in [5.74, 6) is 0.134. The first-order valence-electron chi connectivity index (χ1n) is 8.30. The molecule has 4 aromatic rings. The number of hydrogen-bond donors (Lipinski definition) is 0. The third-order valence-electron chi connectivity index (χ3n) is 4.89.